The Kier molecular flexibility index (Phi) is 4.27. The number of carbonyl (C=O) groups is 1. The topological polar surface area (TPSA) is 41.1 Å². The van der Waals surface area contributed by atoms with E-state index in [1.807, 2.05) is 0 Å². The highest BCUT2D eigenvalue weighted by molar-refractivity contribution is 5.94. The Labute approximate surface area is 113 Å². The average molecular weight is 290 g/mol. The molecule has 2 N–H and O–H groups in total. The molecule has 1 saturated heterocycles. The predicted octanol–water partition coefficient (Wildman–Crippen LogP) is 2.18. The lowest BCUT2D eigenvalue weighted by atomic mass is 10.1. The van der Waals surface area contributed by atoms with Crippen LogP contribution in [0.15, 0.2) is 18.2 Å². The van der Waals surface area contributed by atoms with E-state index in [0.717, 1.165) is 25.6 Å². The van der Waals surface area contributed by atoms with E-state index in [0.29, 0.717) is 18.7 Å². The quantitative estimate of drug-likeness (QED) is 0.838. The molecule has 1 aromatic carbocycles. The maximum Gasteiger partial charge on any atom is 0.416 e. The number of hydrogen-bond acceptors (Lipinski definition) is 2. The number of alkyl halides is 3. The Hall–Kier alpha value is -1.63. The minimum atomic E-state index is -4.62. The van der Waals surface area contributed by atoms with Gasteiger partial charge in [0.2, 0.25) is 0 Å². The summed E-state index contributed by atoms with van der Waals surface area (Å²) < 4.78 is 50.7. The third-order valence-electron chi connectivity index (χ3n) is 3.25. The van der Waals surface area contributed by atoms with Gasteiger partial charge in [0.05, 0.1) is 11.1 Å². The van der Waals surface area contributed by atoms with Crippen LogP contribution in [0.3, 0.4) is 0 Å². The highest BCUT2D eigenvalue weighted by Gasteiger charge is 2.31. The molecule has 1 unspecified atom stereocenters. The number of benzene rings is 1. The zero-order chi connectivity index (χ0) is 14.8. The molecule has 1 atom stereocenters. The van der Waals surface area contributed by atoms with Gasteiger partial charge in [-0.15, -0.1) is 0 Å². The first-order valence-corrected chi connectivity index (χ1v) is 6.23. The Bertz CT molecular complexity index is 496. The molecule has 7 heteroatoms. The van der Waals surface area contributed by atoms with Crippen LogP contribution in [-0.2, 0) is 6.18 Å². The van der Waals surface area contributed by atoms with Crippen molar-refractivity contribution in [1.29, 1.82) is 0 Å². The Morgan fingerprint density at radius 1 is 1.40 bits per heavy atom. The van der Waals surface area contributed by atoms with E-state index in [9.17, 15) is 22.4 Å². The van der Waals surface area contributed by atoms with E-state index < -0.39 is 23.5 Å². The highest BCUT2D eigenvalue weighted by Crippen LogP contribution is 2.30. The lowest BCUT2D eigenvalue weighted by molar-refractivity contribution is -0.137. The molecule has 0 aliphatic carbocycles. The van der Waals surface area contributed by atoms with Crippen molar-refractivity contribution in [3.63, 3.8) is 0 Å². The summed E-state index contributed by atoms with van der Waals surface area (Å²) in [6.45, 7) is 2.03. The van der Waals surface area contributed by atoms with Crippen molar-refractivity contribution in [2.75, 3.05) is 19.6 Å². The molecule has 1 aliphatic rings. The summed E-state index contributed by atoms with van der Waals surface area (Å²) in [6.07, 6.45) is -3.71. The van der Waals surface area contributed by atoms with Crippen LogP contribution < -0.4 is 10.6 Å². The predicted molar refractivity (Wildman–Crippen MR) is 64.7 cm³/mol. The number of carbonyl (C=O) groups excluding carboxylic acids is 1. The normalized spacial score (nSPS) is 19.1. The largest absolute Gasteiger partial charge is 0.416 e. The molecule has 1 aliphatic heterocycles. The molecule has 1 heterocycles. The van der Waals surface area contributed by atoms with E-state index in [-0.39, 0.29) is 11.5 Å². The minimum absolute atomic E-state index is 0.274. The van der Waals surface area contributed by atoms with Crippen LogP contribution in [0.5, 0.6) is 0 Å². The second-order valence-corrected chi connectivity index (χ2v) is 4.76. The summed E-state index contributed by atoms with van der Waals surface area (Å²) in [5, 5.41) is 5.66. The molecule has 1 fully saturated rings. The summed E-state index contributed by atoms with van der Waals surface area (Å²) in [5.41, 5.74) is -1.48. The van der Waals surface area contributed by atoms with Gasteiger partial charge in [-0.3, -0.25) is 4.79 Å². The standard InChI is InChI=1S/C13H14F4N2O/c14-11-5-9(13(15,16)17)1-2-10(11)12(20)19-7-8-3-4-18-6-8/h1-2,5,8,18H,3-4,6-7H2,(H,19,20). The van der Waals surface area contributed by atoms with Crippen molar-refractivity contribution >= 4 is 5.91 Å². The summed E-state index contributed by atoms with van der Waals surface area (Å²) in [7, 11) is 0. The van der Waals surface area contributed by atoms with E-state index in [4.69, 9.17) is 0 Å². The molecule has 0 radical (unpaired) electrons. The van der Waals surface area contributed by atoms with E-state index in [1.54, 1.807) is 0 Å². The molecule has 0 saturated carbocycles. The lowest BCUT2D eigenvalue weighted by Crippen LogP contribution is -2.30. The molecule has 1 amide bonds. The van der Waals surface area contributed by atoms with E-state index in [1.165, 1.54) is 0 Å². The van der Waals surface area contributed by atoms with Gasteiger partial charge in [0.25, 0.3) is 5.91 Å². The van der Waals surface area contributed by atoms with Gasteiger partial charge in [-0.2, -0.15) is 13.2 Å². The monoisotopic (exact) mass is 290 g/mol. The molecular weight excluding hydrogens is 276 g/mol. The molecule has 1 aromatic rings. The first-order chi connectivity index (χ1) is 9.38. The maximum absolute atomic E-state index is 13.6. The fourth-order valence-corrected chi connectivity index (χ4v) is 2.10. The van der Waals surface area contributed by atoms with Gasteiger partial charge >= 0.3 is 6.18 Å². The smallest absolute Gasteiger partial charge is 0.352 e. The van der Waals surface area contributed by atoms with Gasteiger partial charge in [0, 0.05) is 6.54 Å². The Balaban J connectivity index is 2.02. The van der Waals surface area contributed by atoms with Crippen molar-refractivity contribution < 1.29 is 22.4 Å². The fraction of sp³-hybridized carbons (Fsp3) is 0.462. The number of hydrogen-bond donors (Lipinski definition) is 2. The fourth-order valence-electron chi connectivity index (χ4n) is 2.10. The van der Waals surface area contributed by atoms with Crippen LogP contribution in [0.4, 0.5) is 17.6 Å². The first-order valence-electron chi connectivity index (χ1n) is 6.23. The number of nitrogens with one attached hydrogen (secondary N) is 2. The third-order valence-corrected chi connectivity index (χ3v) is 3.25. The van der Waals surface area contributed by atoms with Crippen LogP contribution in [0.1, 0.15) is 22.3 Å². The van der Waals surface area contributed by atoms with Crippen molar-refractivity contribution in [2.24, 2.45) is 5.92 Å². The van der Waals surface area contributed by atoms with Crippen LogP contribution in [-0.4, -0.2) is 25.5 Å². The molecule has 0 bridgehead atoms. The summed E-state index contributed by atoms with van der Waals surface area (Å²) in [6, 6.07) is 1.90. The summed E-state index contributed by atoms with van der Waals surface area (Å²) in [5.74, 6) is -1.58. The van der Waals surface area contributed by atoms with Crippen molar-refractivity contribution in [2.45, 2.75) is 12.6 Å². The number of rotatable bonds is 3. The SMILES string of the molecule is O=C(NCC1CCNC1)c1ccc(C(F)(F)F)cc1F. The first kappa shape index (κ1) is 14.8. The summed E-state index contributed by atoms with van der Waals surface area (Å²) in [4.78, 5) is 11.7. The average Bonchev–Trinajstić information content (AvgIpc) is 2.87. The molecular formula is C13H14F4N2O. The van der Waals surface area contributed by atoms with Crippen LogP contribution in [0.25, 0.3) is 0 Å². The maximum atomic E-state index is 13.6. The van der Waals surface area contributed by atoms with Gasteiger partial charge in [-0.05, 0) is 43.6 Å². The van der Waals surface area contributed by atoms with Gasteiger partial charge in [0.15, 0.2) is 0 Å². The summed E-state index contributed by atoms with van der Waals surface area (Å²) >= 11 is 0. The van der Waals surface area contributed by atoms with Crippen LogP contribution in [0, 0.1) is 11.7 Å². The molecule has 20 heavy (non-hydrogen) atoms. The van der Waals surface area contributed by atoms with Gasteiger partial charge in [0.1, 0.15) is 5.82 Å². The highest BCUT2D eigenvalue weighted by atomic mass is 19.4. The Morgan fingerprint density at radius 3 is 2.70 bits per heavy atom. The van der Waals surface area contributed by atoms with E-state index in [2.05, 4.69) is 10.6 Å². The van der Waals surface area contributed by atoms with Gasteiger partial charge in [-0.1, -0.05) is 0 Å². The third kappa shape index (κ3) is 3.47. The zero-order valence-corrected chi connectivity index (χ0v) is 10.6. The zero-order valence-electron chi connectivity index (χ0n) is 10.6. The number of halogens is 4. The van der Waals surface area contributed by atoms with Crippen LogP contribution >= 0.6 is 0 Å². The molecule has 2 rings (SSSR count). The van der Waals surface area contributed by atoms with Crippen molar-refractivity contribution in [1.82, 2.24) is 10.6 Å². The minimum Gasteiger partial charge on any atom is -0.352 e. The van der Waals surface area contributed by atoms with E-state index >= 15 is 0 Å². The molecule has 110 valence electrons. The molecule has 3 nitrogen and oxygen atoms in total. The molecule has 0 aromatic heterocycles. The second kappa shape index (κ2) is 5.78. The molecule has 0 spiro atoms. The van der Waals surface area contributed by atoms with Crippen molar-refractivity contribution in [3.8, 4) is 0 Å². The second-order valence-electron chi connectivity index (χ2n) is 4.76. The Morgan fingerprint density at radius 2 is 2.15 bits per heavy atom. The van der Waals surface area contributed by atoms with Crippen LogP contribution in [0.2, 0.25) is 0 Å². The van der Waals surface area contributed by atoms with Gasteiger partial charge < -0.3 is 10.6 Å². The van der Waals surface area contributed by atoms with Gasteiger partial charge in [-0.25, -0.2) is 4.39 Å². The van der Waals surface area contributed by atoms with Crippen molar-refractivity contribution in [3.05, 3.63) is 35.1 Å². The number of amides is 1. The lowest BCUT2D eigenvalue weighted by Gasteiger charge is -2.12.